The third-order valence-corrected chi connectivity index (χ3v) is 6.43. The number of hydrogen-bond acceptors (Lipinski definition) is 4. The van der Waals surface area contributed by atoms with Crippen molar-refractivity contribution in [2.24, 2.45) is 0 Å². The number of carbonyl (C=O) groups excluding carboxylic acids is 2. The SMILES string of the molecule is Cc1ccc(C2=C(N3CCN(c4cccc(C)c4C)CC3)C(=O)N(C)C2=O)c(C)c1. The van der Waals surface area contributed by atoms with Crippen LogP contribution in [0.3, 0.4) is 0 Å². The summed E-state index contributed by atoms with van der Waals surface area (Å²) in [6.07, 6.45) is 0. The molecule has 1 fully saturated rings. The number of rotatable bonds is 3. The van der Waals surface area contributed by atoms with Crippen LogP contribution in [0.1, 0.15) is 27.8 Å². The average Bonchev–Trinajstić information content (AvgIpc) is 2.94. The van der Waals surface area contributed by atoms with Gasteiger partial charge in [0.2, 0.25) is 0 Å². The highest BCUT2D eigenvalue weighted by Crippen LogP contribution is 2.34. The normalized spacial score (nSPS) is 17.4. The molecule has 2 amide bonds. The van der Waals surface area contributed by atoms with Gasteiger partial charge in [-0.3, -0.25) is 14.5 Å². The molecule has 5 nitrogen and oxygen atoms in total. The van der Waals surface area contributed by atoms with Crippen molar-refractivity contribution >= 4 is 23.1 Å². The molecule has 0 saturated carbocycles. The number of amides is 2. The van der Waals surface area contributed by atoms with Gasteiger partial charge in [0.25, 0.3) is 11.8 Å². The molecule has 0 aromatic heterocycles. The molecule has 0 bridgehead atoms. The minimum absolute atomic E-state index is 0.199. The molecule has 0 unspecified atom stereocenters. The maximum atomic E-state index is 13.0. The van der Waals surface area contributed by atoms with E-state index in [-0.39, 0.29) is 11.8 Å². The van der Waals surface area contributed by atoms with Crippen molar-refractivity contribution < 1.29 is 9.59 Å². The summed E-state index contributed by atoms with van der Waals surface area (Å²) in [5.41, 5.74) is 7.95. The Morgan fingerprint density at radius 2 is 1.43 bits per heavy atom. The Balaban J connectivity index is 1.66. The molecule has 156 valence electrons. The summed E-state index contributed by atoms with van der Waals surface area (Å²) in [6, 6.07) is 12.4. The Labute approximate surface area is 178 Å². The van der Waals surface area contributed by atoms with Gasteiger partial charge in [0.15, 0.2) is 0 Å². The Bertz CT molecular complexity index is 1060. The fraction of sp³-hybridized carbons (Fsp3) is 0.360. The van der Waals surface area contributed by atoms with Gasteiger partial charge >= 0.3 is 0 Å². The summed E-state index contributed by atoms with van der Waals surface area (Å²) in [4.78, 5) is 31.7. The van der Waals surface area contributed by atoms with Gasteiger partial charge in [-0.25, -0.2) is 0 Å². The molecule has 0 radical (unpaired) electrons. The Morgan fingerprint density at radius 1 is 0.767 bits per heavy atom. The maximum Gasteiger partial charge on any atom is 0.277 e. The van der Waals surface area contributed by atoms with Crippen molar-refractivity contribution in [1.29, 1.82) is 0 Å². The number of benzene rings is 2. The molecule has 5 heteroatoms. The fourth-order valence-electron chi connectivity index (χ4n) is 4.51. The molecule has 1 saturated heterocycles. The number of imide groups is 1. The molecular formula is C25H29N3O2. The first-order valence-corrected chi connectivity index (χ1v) is 10.5. The lowest BCUT2D eigenvalue weighted by molar-refractivity contribution is -0.135. The van der Waals surface area contributed by atoms with Gasteiger partial charge in [-0.1, -0.05) is 35.9 Å². The Hall–Kier alpha value is -3.08. The number of carbonyl (C=O) groups is 2. The molecule has 2 aliphatic heterocycles. The summed E-state index contributed by atoms with van der Waals surface area (Å²) in [7, 11) is 1.58. The first-order valence-electron chi connectivity index (χ1n) is 10.5. The summed E-state index contributed by atoms with van der Waals surface area (Å²) in [5, 5.41) is 0. The van der Waals surface area contributed by atoms with Crippen molar-refractivity contribution in [2.75, 3.05) is 38.1 Å². The Kier molecular flexibility index (Phi) is 5.14. The third-order valence-electron chi connectivity index (χ3n) is 6.43. The largest absolute Gasteiger partial charge is 0.368 e. The van der Waals surface area contributed by atoms with E-state index in [9.17, 15) is 9.59 Å². The molecule has 4 rings (SSSR count). The van der Waals surface area contributed by atoms with Crippen molar-refractivity contribution in [3.8, 4) is 0 Å². The van der Waals surface area contributed by atoms with Gasteiger partial charge in [0, 0.05) is 38.9 Å². The van der Waals surface area contributed by atoms with E-state index in [0.717, 1.165) is 29.8 Å². The summed E-state index contributed by atoms with van der Waals surface area (Å²) in [5.74, 6) is -0.408. The van der Waals surface area contributed by atoms with Crippen LogP contribution in [0.25, 0.3) is 5.57 Å². The van der Waals surface area contributed by atoms with Crippen LogP contribution < -0.4 is 4.90 Å². The molecule has 30 heavy (non-hydrogen) atoms. The molecule has 0 atom stereocenters. The number of aryl methyl sites for hydroxylation is 3. The van der Waals surface area contributed by atoms with Gasteiger partial charge in [0.1, 0.15) is 5.70 Å². The van der Waals surface area contributed by atoms with E-state index in [4.69, 9.17) is 0 Å². The van der Waals surface area contributed by atoms with Crippen molar-refractivity contribution in [2.45, 2.75) is 27.7 Å². The van der Waals surface area contributed by atoms with E-state index < -0.39 is 0 Å². The van der Waals surface area contributed by atoms with Crippen LogP contribution in [-0.2, 0) is 9.59 Å². The first-order chi connectivity index (χ1) is 14.3. The highest BCUT2D eigenvalue weighted by atomic mass is 16.2. The maximum absolute atomic E-state index is 13.0. The minimum Gasteiger partial charge on any atom is -0.368 e. The number of piperazine rings is 1. The van der Waals surface area contributed by atoms with Gasteiger partial charge < -0.3 is 9.80 Å². The van der Waals surface area contributed by atoms with Gasteiger partial charge in [-0.15, -0.1) is 0 Å². The molecule has 2 aromatic rings. The average molecular weight is 404 g/mol. The van der Waals surface area contributed by atoms with Crippen LogP contribution in [0.4, 0.5) is 5.69 Å². The van der Waals surface area contributed by atoms with Gasteiger partial charge in [-0.05, 0) is 56.0 Å². The van der Waals surface area contributed by atoms with Crippen molar-refractivity contribution in [1.82, 2.24) is 9.80 Å². The summed E-state index contributed by atoms with van der Waals surface area (Å²) >= 11 is 0. The molecule has 2 aromatic carbocycles. The summed E-state index contributed by atoms with van der Waals surface area (Å²) < 4.78 is 0. The van der Waals surface area contributed by atoms with E-state index >= 15 is 0 Å². The van der Waals surface area contributed by atoms with Crippen molar-refractivity contribution in [3.63, 3.8) is 0 Å². The predicted molar refractivity (Wildman–Crippen MR) is 120 cm³/mol. The minimum atomic E-state index is -0.209. The van der Waals surface area contributed by atoms with Crippen LogP contribution in [0.15, 0.2) is 42.1 Å². The van der Waals surface area contributed by atoms with Crippen LogP contribution in [-0.4, -0.2) is 54.8 Å². The molecule has 2 heterocycles. The van der Waals surface area contributed by atoms with Crippen LogP contribution >= 0.6 is 0 Å². The monoisotopic (exact) mass is 403 g/mol. The molecular weight excluding hydrogens is 374 g/mol. The second-order valence-electron chi connectivity index (χ2n) is 8.40. The fourth-order valence-corrected chi connectivity index (χ4v) is 4.51. The predicted octanol–water partition coefficient (Wildman–Crippen LogP) is 3.45. The van der Waals surface area contributed by atoms with Crippen LogP contribution in [0, 0.1) is 27.7 Å². The van der Waals surface area contributed by atoms with E-state index in [1.165, 1.54) is 21.7 Å². The lowest BCUT2D eigenvalue weighted by Crippen LogP contribution is -2.47. The molecule has 0 aliphatic carbocycles. The smallest absolute Gasteiger partial charge is 0.277 e. The number of anilines is 1. The highest BCUT2D eigenvalue weighted by Gasteiger charge is 2.40. The summed E-state index contributed by atoms with van der Waals surface area (Å²) in [6.45, 7) is 11.4. The van der Waals surface area contributed by atoms with Crippen LogP contribution in [0.5, 0.6) is 0 Å². The van der Waals surface area contributed by atoms with Crippen LogP contribution in [0.2, 0.25) is 0 Å². The van der Waals surface area contributed by atoms with E-state index in [1.54, 1.807) is 7.05 Å². The lowest BCUT2D eigenvalue weighted by atomic mass is 9.97. The Morgan fingerprint density at radius 3 is 2.10 bits per heavy atom. The zero-order valence-electron chi connectivity index (χ0n) is 18.5. The van der Waals surface area contributed by atoms with Crippen molar-refractivity contribution in [3.05, 3.63) is 69.9 Å². The zero-order valence-corrected chi connectivity index (χ0v) is 18.5. The van der Waals surface area contributed by atoms with E-state index in [2.05, 4.69) is 47.9 Å². The zero-order chi connectivity index (χ0) is 21.6. The van der Waals surface area contributed by atoms with E-state index in [0.29, 0.717) is 24.4 Å². The number of nitrogens with zero attached hydrogens (tertiary/aromatic N) is 3. The second-order valence-corrected chi connectivity index (χ2v) is 8.40. The molecule has 0 spiro atoms. The second kappa shape index (κ2) is 7.63. The van der Waals surface area contributed by atoms with Gasteiger partial charge in [0.05, 0.1) is 5.57 Å². The van der Waals surface area contributed by atoms with Gasteiger partial charge in [-0.2, -0.15) is 0 Å². The number of likely N-dealkylation sites (N-methyl/N-ethyl adjacent to an activating group) is 1. The highest BCUT2D eigenvalue weighted by molar-refractivity contribution is 6.35. The molecule has 0 N–H and O–H groups in total. The lowest BCUT2D eigenvalue weighted by Gasteiger charge is -2.38. The third kappa shape index (κ3) is 3.28. The first kappa shape index (κ1) is 20.2. The topological polar surface area (TPSA) is 43.9 Å². The quantitative estimate of drug-likeness (QED) is 0.737. The standard InChI is InChI=1S/C25H29N3O2/c1-16-9-10-20(18(3)15-16)22-23(25(30)26(5)24(22)29)28-13-11-27(12-14-28)21-8-6-7-17(2)19(21)4/h6-10,15H,11-14H2,1-5H3. The molecule has 2 aliphatic rings. The van der Waals surface area contributed by atoms with E-state index in [1.807, 2.05) is 26.0 Å². The number of hydrogen-bond donors (Lipinski definition) is 0.